The molecule has 0 atom stereocenters. The normalized spacial score (nSPS) is 11.2. The number of hydrogen-bond acceptors (Lipinski definition) is 7. The Labute approximate surface area is 232 Å². The van der Waals surface area contributed by atoms with Crippen molar-refractivity contribution in [1.29, 1.82) is 0 Å². The Kier molecular flexibility index (Phi) is 9.10. The minimum absolute atomic E-state index is 0.116. The number of amides is 4. The van der Waals surface area contributed by atoms with Crippen LogP contribution in [0.4, 0.5) is 32.3 Å². The number of carbonyl (C=O) groups is 4. The summed E-state index contributed by atoms with van der Waals surface area (Å²) in [6.45, 7) is 10.6. The molecule has 4 N–H and O–H groups in total. The Balaban J connectivity index is 1.52. The molecule has 0 bridgehead atoms. The molecule has 0 fully saturated rings. The van der Waals surface area contributed by atoms with Crippen LogP contribution in [0.2, 0.25) is 0 Å². The number of nitrogens with zero attached hydrogens (tertiary/aromatic N) is 1. The number of pyridine rings is 1. The number of hydrogen-bond donors (Lipinski definition) is 4. The molecule has 1 heterocycles. The van der Waals surface area contributed by atoms with Crippen LogP contribution in [0.5, 0.6) is 0 Å². The van der Waals surface area contributed by atoms with Crippen molar-refractivity contribution in [2.45, 2.75) is 52.7 Å². The van der Waals surface area contributed by atoms with E-state index in [2.05, 4.69) is 26.3 Å². The summed E-state index contributed by atoms with van der Waals surface area (Å²) in [4.78, 5) is 53.1. The fourth-order valence-electron chi connectivity index (χ4n) is 3.18. The topological polar surface area (TPSA) is 148 Å². The van der Waals surface area contributed by atoms with Gasteiger partial charge in [0.2, 0.25) is 0 Å². The van der Waals surface area contributed by atoms with E-state index in [9.17, 15) is 19.2 Å². The Morgan fingerprint density at radius 1 is 0.550 bits per heavy atom. The number of anilines is 4. The van der Waals surface area contributed by atoms with Gasteiger partial charge in [0.1, 0.15) is 16.9 Å². The minimum Gasteiger partial charge on any atom is -0.444 e. The Bertz CT molecular complexity index is 1250. The van der Waals surface area contributed by atoms with Gasteiger partial charge in [-0.25, -0.2) is 9.59 Å². The zero-order valence-corrected chi connectivity index (χ0v) is 23.2. The third-order valence-electron chi connectivity index (χ3n) is 4.83. The predicted octanol–water partition coefficient (Wildman–Crippen LogP) is 6.28. The van der Waals surface area contributed by atoms with Gasteiger partial charge in [-0.15, -0.1) is 0 Å². The molecule has 0 spiro atoms. The van der Waals surface area contributed by atoms with Crippen molar-refractivity contribution in [1.82, 2.24) is 4.98 Å². The second-order valence-corrected chi connectivity index (χ2v) is 10.7. The van der Waals surface area contributed by atoms with Crippen molar-refractivity contribution in [2.75, 3.05) is 21.3 Å². The van der Waals surface area contributed by atoms with Crippen molar-refractivity contribution in [3.63, 3.8) is 0 Å². The van der Waals surface area contributed by atoms with Gasteiger partial charge in [-0.3, -0.25) is 25.2 Å². The number of benzene rings is 2. The van der Waals surface area contributed by atoms with Crippen LogP contribution in [-0.4, -0.2) is 40.2 Å². The molecule has 2 aromatic carbocycles. The van der Waals surface area contributed by atoms with E-state index in [1.807, 2.05) is 0 Å². The summed E-state index contributed by atoms with van der Waals surface area (Å²) in [6.07, 6.45) is 0.146. The van der Waals surface area contributed by atoms with Crippen LogP contribution in [-0.2, 0) is 9.47 Å². The monoisotopic (exact) mass is 547 g/mol. The summed E-state index contributed by atoms with van der Waals surface area (Å²) in [5, 5.41) is 10.7. The van der Waals surface area contributed by atoms with Crippen LogP contribution < -0.4 is 21.3 Å². The molecule has 0 saturated heterocycles. The van der Waals surface area contributed by atoms with E-state index < -0.39 is 35.2 Å². The van der Waals surface area contributed by atoms with E-state index in [1.165, 1.54) is 18.3 Å². The maximum absolute atomic E-state index is 12.6. The smallest absolute Gasteiger partial charge is 0.412 e. The highest BCUT2D eigenvalue weighted by atomic mass is 16.6. The van der Waals surface area contributed by atoms with Gasteiger partial charge in [0, 0.05) is 28.9 Å². The number of nitrogens with one attached hydrogen (secondary N) is 4. The average molecular weight is 548 g/mol. The highest BCUT2D eigenvalue weighted by molar-refractivity contribution is 6.06. The molecule has 210 valence electrons. The molecular weight excluding hydrogens is 514 g/mol. The summed E-state index contributed by atoms with van der Waals surface area (Å²) in [7, 11) is 0. The van der Waals surface area contributed by atoms with Crippen molar-refractivity contribution in [2.24, 2.45) is 0 Å². The fourth-order valence-corrected chi connectivity index (χ4v) is 3.18. The van der Waals surface area contributed by atoms with Crippen LogP contribution in [0.25, 0.3) is 0 Å². The number of carbonyl (C=O) groups excluding carboxylic acids is 4. The average Bonchev–Trinajstić information content (AvgIpc) is 2.84. The first kappa shape index (κ1) is 29.6. The highest BCUT2D eigenvalue weighted by Crippen LogP contribution is 2.18. The number of rotatable bonds is 6. The third kappa shape index (κ3) is 9.75. The highest BCUT2D eigenvalue weighted by Gasteiger charge is 2.17. The van der Waals surface area contributed by atoms with Crippen molar-refractivity contribution >= 4 is 46.8 Å². The van der Waals surface area contributed by atoms with Gasteiger partial charge in [-0.05, 0) is 102 Å². The number of aromatic nitrogens is 1. The molecule has 0 radical (unpaired) electrons. The summed E-state index contributed by atoms with van der Waals surface area (Å²) in [5.74, 6) is -0.881. The SMILES string of the molecule is CC(C)(C)OC(=O)Nc1ccc(NC(=O)c2ccc(C(=O)Nc3ccc(NC(=O)OC(C)(C)C)cc3)nc2)cc1. The van der Waals surface area contributed by atoms with Gasteiger partial charge in [-0.1, -0.05) is 0 Å². The van der Waals surface area contributed by atoms with Gasteiger partial charge >= 0.3 is 12.2 Å². The van der Waals surface area contributed by atoms with Crippen molar-refractivity contribution in [3.8, 4) is 0 Å². The first-order valence-corrected chi connectivity index (χ1v) is 12.5. The lowest BCUT2D eigenvalue weighted by Crippen LogP contribution is -2.27. The lowest BCUT2D eigenvalue weighted by Gasteiger charge is -2.19. The molecule has 40 heavy (non-hydrogen) atoms. The second-order valence-electron chi connectivity index (χ2n) is 10.7. The molecule has 3 aromatic rings. The summed E-state index contributed by atoms with van der Waals surface area (Å²) < 4.78 is 10.4. The predicted molar refractivity (Wildman–Crippen MR) is 153 cm³/mol. The molecule has 0 unspecified atom stereocenters. The van der Waals surface area contributed by atoms with E-state index in [0.717, 1.165) is 0 Å². The van der Waals surface area contributed by atoms with E-state index in [0.29, 0.717) is 22.7 Å². The quantitative estimate of drug-likeness (QED) is 0.284. The van der Waals surface area contributed by atoms with E-state index in [1.54, 1.807) is 90.1 Å². The zero-order chi connectivity index (χ0) is 29.5. The maximum Gasteiger partial charge on any atom is 0.412 e. The Morgan fingerprint density at radius 2 is 0.925 bits per heavy atom. The largest absolute Gasteiger partial charge is 0.444 e. The van der Waals surface area contributed by atoms with Gasteiger partial charge in [0.25, 0.3) is 11.8 Å². The van der Waals surface area contributed by atoms with Crippen LogP contribution in [0.15, 0.2) is 66.9 Å². The first-order chi connectivity index (χ1) is 18.7. The summed E-state index contributed by atoms with van der Waals surface area (Å²) in [5.41, 5.74) is 1.16. The van der Waals surface area contributed by atoms with Gasteiger partial charge < -0.3 is 20.1 Å². The van der Waals surface area contributed by atoms with Crippen LogP contribution in [0, 0.1) is 0 Å². The van der Waals surface area contributed by atoms with Gasteiger partial charge in [-0.2, -0.15) is 0 Å². The Morgan fingerprint density at radius 3 is 1.27 bits per heavy atom. The first-order valence-electron chi connectivity index (χ1n) is 12.5. The van der Waals surface area contributed by atoms with E-state index >= 15 is 0 Å². The van der Waals surface area contributed by atoms with E-state index in [4.69, 9.17) is 9.47 Å². The van der Waals surface area contributed by atoms with Crippen LogP contribution in [0.3, 0.4) is 0 Å². The summed E-state index contributed by atoms with van der Waals surface area (Å²) >= 11 is 0. The molecular formula is C29H33N5O6. The molecule has 11 heteroatoms. The van der Waals surface area contributed by atoms with Gasteiger partial charge in [0.15, 0.2) is 0 Å². The molecule has 4 amide bonds. The fraction of sp³-hybridized carbons (Fsp3) is 0.276. The maximum atomic E-state index is 12.6. The summed E-state index contributed by atoms with van der Waals surface area (Å²) in [6, 6.07) is 16.0. The molecule has 3 rings (SSSR count). The molecule has 0 saturated carbocycles. The second kappa shape index (κ2) is 12.3. The minimum atomic E-state index is -0.616. The third-order valence-corrected chi connectivity index (χ3v) is 4.83. The zero-order valence-electron chi connectivity index (χ0n) is 23.2. The lowest BCUT2D eigenvalue weighted by atomic mass is 10.2. The number of ether oxygens (including phenoxy) is 2. The molecule has 0 aliphatic carbocycles. The van der Waals surface area contributed by atoms with Crippen molar-refractivity contribution < 1.29 is 28.7 Å². The molecule has 11 nitrogen and oxygen atoms in total. The molecule has 0 aliphatic rings. The van der Waals surface area contributed by atoms with Gasteiger partial charge in [0.05, 0.1) is 5.56 Å². The standard InChI is InChI=1S/C29H33N5O6/c1-28(2,3)39-26(37)33-21-12-8-19(9-13-21)31-24(35)18-7-16-23(30-17-18)25(36)32-20-10-14-22(15-11-20)34-27(38)40-29(4,5)6/h7-17H,1-6H3,(H,31,35)(H,32,36)(H,33,37)(H,34,38). The van der Waals surface area contributed by atoms with Crippen LogP contribution in [0.1, 0.15) is 62.4 Å². The molecule has 0 aliphatic heterocycles. The van der Waals surface area contributed by atoms with Crippen molar-refractivity contribution in [3.05, 3.63) is 78.1 Å². The molecule has 1 aromatic heterocycles. The van der Waals surface area contributed by atoms with E-state index in [-0.39, 0.29) is 11.3 Å². The van der Waals surface area contributed by atoms with Crippen LogP contribution >= 0.6 is 0 Å². The lowest BCUT2D eigenvalue weighted by molar-refractivity contribution is 0.0624. The Hall–Kier alpha value is -4.93.